The van der Waals surface area contributed by atoms with Gasteiger partial charge in [0.25, 0.3) is 0 Å². The number of benzene rings is 1. The highest BCUT2D eigenvalue weighted by atomic mass is 35.5. The molecule has 0 spiro atoms. The highest BCUT2D eigenvalue weighted by Gasteiger charge is 2.10. The second kappa shape index (κ2) is 12.7. The van der Waals surface area contributed by atoms with Crippen LogP contribution in [0.5, 0.6) is 5.75 Å². The van der Waals surface area contributed by atoms with Gasteiger partial charge in [0.05, 0.1) is 13.2 Å². The maximum Gasteiger partial charge on any atom is 0.387 e. The minimum Gasteiger partial charge on any atom is -0.434 e. The molecule has 26 heavy (non-hydrogen) atoms. The van der Waals surface area contributed by atoms with E-state index in [-0.39, 0.29) is 12.3 Å². The normalized spacial score (nSPS) is 11.9. The number of nitrogens with one attached hydrogen (secondary N) is 2. The quantitative estimate of drug-likeness (QED) is 0.448. The van der Waals surface area contributed by atoms with Crippen molar-refractivity contribution in [3.05, 3.63) is 28.8 Å². The van der Waals surface area contributed by atoms with Gasteiger partial charge in [-0.15, -0.1) is 0 Å². The first-order chi connectivity index (χ1) is 12.5. The SMILES string of the molecule is CCNC(=NCc1cc(Cl)ccc1OC(F)F)NCCN(C)CCOC. The predicted molar refractivity (Wildman–Crippen MR) is 100 cm³/mol. The molecule has 0 amide bonds. The third-order valence-electron chi connectivity index (χ3n) is 3.45. The lowest BCUT2D eigenvalue weighted by Gasteiger charge is -2.18. The zero-order valence-corrected chi connectivity index (χ0v) is 16.2. The number of ether oxygens (including phenoxy) is 2. The summed E-state index contributed by atoms with van der Waals surface area (Å²) in [7, 11) is 3.68. The van der Waals surface area contributed by atoms with Gasteiger partial charge >= 0.3 is 6.61 Å². The van der Waals surface area contributed by atoms with E-state index in [2.05, 4.69) is 25.3 Å². The minimum atomic E-state index is -2.90. The van der Waals surface area contributed by atoms with E-state index in [1.807, 2.05) is 14.0 Å². The summed E-state index contributed by atoms with van der Waals surface area (Å²) in [5, 5.41) is 6.77. The molecule has 1 aromatic rings. The summed E-state index contributed by atoms with van der Waals surface area (Å²) in [5.74, 6) is 0.666. The van der Waals surface area contributed by atoms with Crippen LogP contribution >= 0.6 is 11.6 Å². The zero-order valence-electron chi connectivity index (χ0n) is 15.4. The molecule has 0 aromatic heterocycles. The maximum atomic E-state index is 12.5. The van der Waals surface area contributed by atoms with Crippen LogP contribution in [0.25, 0.3) is 0 Å². The smallest absolute Gasteiger partial charge is 0.387 e. The predicted octanol–water partition coefficient (Wildman–Crippen LogP) is 2.57. The molecule has 1 aromatic carbocycles. The van der Waals surface area contributed by atoms with Gasteiger partial charge in [-0.25, -0.2) is 4.99 Å². The highest BCUT2D eigenvalue weighted by molar-refractivity contribution is 6.30. The molecular formula is C17H27ClF2N4O2. The van der Waals surface area contributed by atoms with Crippen LogP contribution in [0.1, 0.15) is 12.5 Å². The minimum absolute atomic E-state index is 0.0725. The van der Waals surface area contributed by atoms with Crippen molar-refractivity contribution < 1.29 is 18.3 Å². The molecule has 0 aliphatic heterocycles. The fraction of sp³-hybridized carbons (Fsp3) is 0.588. The number of rotatable bonds is 11. The molecule has 0 heterocycles. The number of nitrogens with zero attached hydrogens (tertiary/aromatic N) is 2. The van der Waals surface area contributed by atoms with Gasteiger partial charge in [-0.3, -0.25) is 0 Å². The molecule has 9 heteroatoms. The summed E-state index contributed by atoms with van der Waals surface area (Å²) < 4.78 is 34.6. The maximum absolute atomic E-state index is 12.5. The number of aliphatic imine (C=N–C) groups is 1. The lowest BCUT2D eigenvalue weighted by molar-refractivity contribution is -0.0504. The topological polar surface area (TPSA) is 58.1 Å². The van der Waals surface area contributed by atoms with E-state index < -0.39 is 6.61 Å². The largest absolute Gasteiger partial charge is 0.434 e. The monoisotopic (exact) mass is 392 g/mol. The Hall–Kier alpha value is -1.64. The Morgan fingerprint density at radius 2 is 2.08 bits per heavy atom. The Kier molecular flexibility index (Phi) is 10.9. The number of hydrogen-bond acceptors (Lipinski definition) is 4. The number of guanidine groups is 1. The molecule has 2 N–H and O–H groups in total. The van der Waals surface area contributed by atoms with E-state index in [0.717, 1.165) is 13.1 Å². The number of hydrogen-bond donors (Lipinski definition) is 2. The van der Waals surface area contributed by atoms with E-state index in [1.165, 1.54) is 12.1 Å². The molecule has 0 bridgehead atoms. The van der Waals surface area contributed by atoms with E-state index in [1.54, 1.807) is 13.2 Å². The van der Waals surface area contributed by atoms with Crippen LogP contribution in [0.4, 0.5) is 8.78 Å². The van der Waals surface area contributed by atoms with E-state index in [9.17, 15) is 8.78 Å². The lowest BCUT2D eigenvalue weighted by atomic mass is 10.2. The molecule has 1 rings (SSSR count). The van der Waals surface area contributed by atoms with Crippen LogP contribution in [-0.4, -0.2) is 64.4 Å². The molecule has 0 aliphatic carbocycles. The highest BCUT2D eigenvalue weighted by Crippen LogP contribution is 2.25. The van der Waals surface area contributed by atoms with Crippen molar-refractivity contribution in [1.29, 1.82) is 0 Å². The number of likely N-dealkylation sites (N-methyl/N-ethyl adjacent to an activating group) is 1. The first-order valence-electron chi connectivity index (χ1n) is 8.39. The van der Waals surface area contributed by atoms with Gasteiger partial charge in [0.1, 0.15) is 5.75 Å². The van der Waals surface area contributed by atoms with Crippen LogP contribution in [0, 0.1) is 0 Å². The average Bonchev–Trinajstić information content (AvgIpc) is 2.59. The number of halogens is 3. The van der Waals surface area contributed by atoms with Crippen LogP contribution in [0.2, 0.25) is 5.02 Å². The molecule has 148 valence electrons. The van der Waals surface area contributed by atoms with E-state index >= 15 is 0 Å². The van der Waals surface area contributed by atoms with Crippen LogP contribution in [0.3, 0.4) is 0 Å². The van der Waals surface area contributed by atoms with Crippen LogP contribution in [-0.2, 0) is 11.3 Å². The van der Waals surface area contributed by atoms with Crippen molar-refractivity contribution in [2.24, 2.45) is 4.99 Å². The molecular weight excluding hydrogens is 366 g/mol. The fourth-order valence-electron chi connectivity index (χ4n) is 2.11. The summed E-state index contributed by atoms with van der Waals surface area (Å²) in [6.45, 7) is 2.90. The van der Waals surface area contributed by atoms with Crippen molar-refractivity contribution in [1.82, 2.24) is 15.5 Å². The fourth-order valence-corrected chi connectivity index (χ4v) is 2.31. The Balaban J connectivity index is 2.67. The van der Waals surface area contributed by atoms with Crippen molar-refractivity contribution >= 4 is 17.6 Å². The molecule has 0 aliphatic rings. The second-order valence-electron chi connectivity index (χ2n) is 5.55. The molecule has 0 fully saturated rings. The van der Waals surface area contributed by atoms with Gasteiger partial charge in [-0.2, -0.15) is 8.78 Å². The zero-order chi connectivity index (χ0) is 19.4. The van der Waals surface area contributed by atoms with E-state index in [0.29, 0.717) is 36.2 Å². The third-order valence-corrected chi connectivity index (χ3v) is 3.69. The Morgan fingerprint density at radius 1 is 1.31 bits per heavy atom. The summed E-state index contributed by atoms with van der Waals surface area (Å²) >= 11 is 5.95. The van der Waals surface area contributed by atoms with Gasteiger partial charge in [-0.1, -0.05) is 11.6 Å². The molecule has 0 saturated carbocycles. The Morgan fingerprint density at radius 3 is 2.73 bits per heavy atom. The summed E-state index contributed by atoms with van der Waals surface area (Å²) in [4.78, 5) is 6.55. The second-order valence-corrected chi connectivity index (χ2v) is 5.99. The Bertz CT molecular complexity index is 562. The molecule has 0 atom stereocenters. The van der Waals surface area contributed by atoms with Gasteiger partial charge in [-0.05, 0) is 32.2 Å². The first kappa shape index (κ1) is 22.4. The Labute approximate surface area is 158 Å². The van der Waals surface area contributed by atoms with Gasteiger partial charge < -0.3 is 25.0 Å². The lowest BCUT2D eigenvalue weighted by Crippen LogP contribution is -2.41. The molecule has 0 saturated heterocycles. The summed E-state index contributed by atoms with van der Waals surface area (Å²) in [5.41, 5.74) is 0.493. The van der Waals surface area contributed by atoms with Crippen LogP contribution < -0.4 is 15.4 Å². The molecule has 6 nitrogen and oxygen atoms in total. The first-order valence-corrected chi connectivity index (χ1v) is 8.77. The van der Waals surface area contributed by atoms with Gasteiger partial charge in [0, 0.05) is 43.9 Å². The summed E-state index contributed by atoms with van der Waals surface area (Å²) in [6, 6.07) is 4.50. The van der Waals surface area contributed by atoms with Crippen molar-refractivity contribution in [2.75, 3.05) is 46.9 Å². The van der Waals surface area contributed by atoms with Crippen molar-refractivity contribution in [2.45, 2.75) is 20.1 Å². The average molecular weight is 393 g/mol. The summed E-state index contributed by atoms with van der Waals surface area (Å²) in [6.07, 6.45) is 0. The van der Waals surface area contributed by atoms with Crippen molar-refractivity contribution in [3.63, 3.8) is 0 Å². The van der Waals surface area contributed by atoms with Gasteiger partial charge in [0.15, 0.2) is 5.96 Å². The van der Waals surface area contributed by atoms with Crippen LogP contribution in [0.15, 0.2) is 23.2 Å². The molecule has 0 radical (unpaired) electrons. The molecule has 0 unspecified atom stereocenters. The standard InChI is InChI=1S/C17H27ClF2N4O2/c1-4-21-17(22-7-8-24(2)9-10-25-3)23-12-13-11-14(18)5-6-15(13)26-16(19)20/h5-6,11,16H,4,7-10,12H2,1-3H3,(H2,21,22,23). The van der Waals surface area contributed by atoms with Gasteiger partial charge in [0.2, 0.25) is 0 Å². The number of alkyl halides is 2. The van der Waals surface area contributed by atoms with Crippen molar-refractivity contribution in [3.8, 4) is 5.75 Å². The van der Waals surface area contributed by atoms with E-state index in [4.69, 9.17) is 16.3 Å². The third kappa shape index (κ3) is 9.17. The number of methoxy groups -OCH3 is 1.